The van der Waals surface area contributed by atoms with Crippen molar-refractivity contribution in [2.45, 2.75) is 49.3 Å². The second-order valence-corrected chi connectivity index (χ2v) is 13.2. The molecule has 3 fully saturated rings. The Hall–Kier alpha value is -3.17. The predicted octanol–water partition coefficient (Wildman–Crippen LogP) is -1.03. The monoisotopic (exact) mass is 657 g/mol. The molecule has 4 aromatic rings. The van der Waals surface area contributed by atoms with E-state index in [0.717, 1.165) is 6.33 Å². The molecule has 44 heavy (non-hydrogen) atoms. The predicted molar refractivity (Wildman–Crippen MR) is 143 cm³/mol. The van der Waals surface area contributed by atoms with Crippen molar-refractivity contribution in [1.82, 2.24) is 34.1 Å². The molecule has 0 radical (unpaired) electrons. The number of aliphatic hydroxyl groups is 2. The van der Waals surface area contributed by atoms with Gasteiger partial charge in [-0.15, -0.1) is 0 Å². The zero-order chi connectivity index (χ0) is 31.0. The Morgan fingerprint density at radius 2 is 1.55 bits per heavy atom. The zero-order valence-electron chi connectivity index (χ0n) is 22.2. The Balaban J connectivity index is 1.22. The molecule has 0 saturated carbocycles. The first-order valence-corrected chi connectivity index (χ1v) is 16.1. The van der Waals surface area contributed by atoms with E-state index >= 15 is 0 Å². The number of phosphoric acid groups is 1. The van der Waals surface area contributed by atoms with Crippen LogP contribution in [-0.4, -0.2) is 104 Å². The van der Waals surface area contributed by atoms with E-state index in [1.165, 1.54) is 34.1 Å². The molecule has 21 nitrogen and oxygen atoms in total. The molecule has 3 aliphatic heterocycles. The van der Waals surface area contributed by atoms with Gasteiger partial charge < -0.3 is 45.7 Å². The van der Waals surface area contributed by atoms with E-state index in [-0.39, 0.29) is 33.8 Å². The number of nitrogens with zero attached hydrogens (tertiary/aromatic N) is 7. The summed E-state index contributed by atoms with van der Waals surface area (Å²) in [5.41, 5.74) is 12.9. The summed E-state index contributed by atoms with van der Waals surface area (Å²) in [6, 6.07) is 1.52. The molecule has 8 N–H and O–H groups in total. The van der Waals surface area contributed by atoms with Crippen LogP contribution in [-0.2, 0) is 36.9 Å². The highest BCUT2D eigenvalue weighted by atomic mass is 31.2. The Kier molecular flexibility index (Phi) is 7.20. The normalized spacial score (nSPS) is 38.3. The van der Waals surface area contributed by atoms with Crippen LogP contribution in [0, 0.1) is 0 Å². The van der Waals surface area contributed by atoms with Crippen molar-refractivity contribution in [1.29, 1.82) is 0 Å². The number of nitrogens with two attached hydrogens (primary N) is 2. The number of hydrogen-bond acceptors (Lipinski definition) is 17. The first kappa shape index (κ1) is 29.5. The second kappa shape index (κ2) is 10.7. The number of hydrogen-bond donors (Lipinski definition) is 6. The fraction of sp³-hybridized carbons (Fsp3) is 0.476. The number of imidazole rings is 2. The van der Waals surface area contributed by atoms with Crippen molar-refractivity contribution in [2.24, 2.45) is 0 Å². The lowest BCUT2D eigenvalue weighted by molar-refractivity contribution is -0.168. The Labute approximate surface area is 245 Å². The number of aliphatic hydroxyl groups excluding tert-OH is 2. The van der Waals surface area contributed by atoms with Crippen molar-refractivity contribution >= 4 is 49.3 Å². The highest BCUT2D eigenvalue weighted by molar-refractivity contribution is 7.52. The first-order valence-electron chi connectivity index (χ1n) is 12.9. The van der Waals surface area contributed by atoms with Crippen LogP contribution < -0.4 is 11.5 Å². The summed E-state index contributed by atoms with van der Waals surface area (Å²) in [5, 5.41) is 22.1. The SMILES string of the molecule is Nc1ncnc2c1ncn2[C@@H]1O[C@@H]2OCP(=O)(O)OC3[C@@H](O)[C@@H](COP(=O)(O)OC1[C@H]2O)O[C@H]3n1cnc2c(N)ccnc21. The van der Waals surface area contributed by atoms with Gasteiger partial charge in [-0.25, -0.2) is 29.5 Å². The molecular formula is C21H25N9O12P2. The van der Waals surface area contributed by atoms with Gasteiger partial charge >= 0.3 is 15.4 Å². The number of phosphoric ester groups is 1. The molecule has 4 unspecified atom stereocenters. The number of anilines is 2. The molecule has 23 heteroatoms. The molecule has 0 spiro atoms. The standard InChI is InChI=1S/C21H25N9O12P2/c22-8-1-2-24-17-10(8)27-5-29(17)19-14-12(31)9(39-19)3-38-44(35,36)42-15-13(32)21(37-7-43(33,34)41-14)40-20(15)30-6-28-11-16(23)25-4-26-18(11)30/h1-2,4-6,9,12-15,19-21,31-32H,3,7H2,(H2,22,24)(H,33,34)(H,35,36)(H2,23,25,26)/t9-,12+,13-,14?,15?,19-,20-,21+/m1/s1. The largest absolute Gasteiger partial charge is 0.472 e. The lowest BCUT2D eigenvalue weighted by Gasteiger charge is -2.26. The summed E-state index contributed by atoms with van der Waals surface area (Å²) in [6.07, 6.45) is -8.53. The van der Waals surface area contributed by atoms with E-state index in [4.69, 9.17) is 39.2 Å². The molecule has 4 bridgehead atoms. The van der Waals surface area contributed by atoms with Gasteiger partial charge in [0.25, 0.3) is 0 Å². The van der Waals surface area contributed by atoms with Gasteiger partial charge in [-0.2, -0.15) is 0 Å². The Morgan fingerprint density at radius 3 is 2.32 bits per heavy atom. The molecular weight excluding hydrogens is 632 g/mol. The molecule has 3 saturated heterocycles. The molecule has 0 aliphatic carbocycles. The number of nitrogen functional groups attached to an aromatic ring is 2. The lowest BCUT2D eigenvalue weighted by atomic mass is 10.1. The quantitative estimate of drug-likeness (QED) is 0.140. The summed E-state index contributed by atoms with van der Waals surface area (Å²) < 4.78 is 62.0. The minimum absolute atomic E-state index is 0.0281. The zero-order valence-corrected chi connectivity index (χ0v) is 23.9. The van der Waals surface area contributed by atoms with E-state index in [9.17, 15) is 29.1 Å². The van der Waals surface area contributed by atoms with Gasteiger partial charge in [0.2, 0.25) is 0 Å². The molecule has 7 heterocycles. The average molecular weight is 657 g/mol. The van der Waals surface area contributed by atoms with Crippen LogP contribution in [0.15, 0.2) is 31.2 Å². The fourth-order valence-corrected chi connectivity index (χ4v) is 7.16. The number of aromatic nitrogens is 7. The minimum atomic E-state index is -5.04. The molecule has 0 aromatic carbocycles. The number of fused-ring (bicyclic) bond motifs is 6. The van der Waals surface area contributed by atoms with Crippen molar-refractivity contribution in [3.63, 3.8) is 0 Å². The third-order valence-electron chi connectivity index (χ3n) is 7.26. The van der Waals surface area contributed by atoms with E-state index in [1.54, 1.807) is 0 Å². The van der Waals surface area contributed by atoms with Crippen LogP contribution in [0.25, 0.3) is 22.3 Å². The Bertz CT molecular complexity index is 1690. The van der Waals surface area contributed by atoms with Crippen LogP contribution in [0.2, 0.25) is 0 Å². The molecule has 10 atom stereocenters. The van der Waals surface area contributed by atoms with E-state index < -0.39 is 77.6 Å². The van der Waals surface area contributed by atoms with Crippen LogP contribution in [0.5, 0.6) is 0 Å². The molecule has 3 aliphatic rings. The van der Waals surface area contributed by atoms with E-state index in [0.29, 0.717) is 0 Å². The maximum absolute atomic E-state index is 13.2. The van der Waals surface area contributed by atoms with Gasteiger partial charge in [-0.05, 0) is 6.07 Å². The van der Waals surface area contributed by atoms with E-state index in [1.807, 2.05) is 0 Å². The Morgan fingerprint density at radius 1 is 0.864 bits per heavy atom. The van der Waals surface area contributed by atoms with Crippen LogP contribution in [0.3, 0.4) is 0 Å². The fourth-order valence-electron chi connectivity index (χ4n) is 5.22. The van der Waals surface area contributed by atoms with Crippen LogP contribution in [0.1, 0.15) is 12.5 Å². The number of ether oxygens (including phenoxy) is 3. The molecule has 4 aromatic heterocycles. The maximum Gasteiger partial charge on any atom is 0.472 e. The topological polar surface area (TPSA) is 297 Å². The first-order chi connectivity index (χ1) is 20.9. The third-order valence-corrected chi connectivity index (χ3v) is 9.29. The van der Waals surface area contributed by atoms with E-state index in [2.05, 4.69) is 24.9 Å². The average Bonchev–Trinajstić information content (AvgIpc) is 3.73. The van der Waals surface area contributed by atoms with Gasteiger partial charge in [0, 0.05) is 6.20 Å². The van der Waals surface area contributed by atoms with Crippen molar-refractivity contribution in [3.8, 4) is 0 Å². The van der Waals surface area contributed by atoms with Gasteiger partial charge in [-0.3, -0.25) is 27.3 Å². The van der Waals surface area contributed by atoms with Gasteiger partial charge in [-0.1, -0.05) is 0 Å². The molecule has 236 valence electrons. The maximum atomic E-state index is 13.2. The molecule has 7 rings (SSSR count). The second-order valence-electron chi connectivity index (χ2n) is 10.1. The van der Waals surface area contributed by atoms with Crippen molar-refractivity contribution in [2.75, 3.05) is 24.4 Å². The van der Waals surface area contributed by atoms with Gasteiger partial charge in [0.05, 0.1) is 24.9 Å². The third kappa shape index (κ3) is 5.06. The van der Waals surface area contributed by atoms with Crippen LogP contribution >= 0.6 is 15.4 Å². The van der Waals surface area contributed by atoms with Gasteiger partial charge in [0.1, 0.15) is 47.9 Å². The lowest BCUT2D eigenvalue weighted by Crippen LogP contribution is -2.37. The van der Waals surface area contributed by atoms with Crippen molar-refractivity contribution < 1.29 is 56.9 Å². The highest BCUT2D eigenvalue weighted by Gasteiger charge is 2.54. The number of pyridine rings is 1. The summed E-state index contributed by atoms with van der Waals surface area (Å²) in [5.74, 6) is 0.0281. The minimum Gasteiger partial charge on any atom is -0.397 e. The summed E-state index contributed by atoms with van der Waals surface area (Å²) in [7, 11) is -9.78. The molecule has 0 amide bonds. The summed E-state index contributed by atoms with van der Waals surface area (Å²) in [6.45, 7) is -0.755. The highest BCUT2D eigenvalue weighted by Crippen LogP contribution is 2.53. The van der Waals surface area contributed by atoms with Crippen LogP contribution in [0.4, 0.5) is 11.5 Å². The smallest absolute Gasteiger partial charge is 0.397 e. The van der Waals surface area contributed by atoms with Gasteiger partial charge in [0.15, 0.2) is 42.2 Å². The van der Waals surface area contributed by atoms with Crippen molar-refractivity contribution in [3.05, 3.63) is 31.2 Å². The summed E-state index contributed by atoms with van der Waals surface area (Å²) >= 11 is 0. The summed E-state index contributed by atoms with van der Waals surface area (Å²) in [4.78, 5) is 41.9. The number of rotatable bonds is 2.